The van der Waals surface area contributed by atoms with Crippen molar-refractivity contribution in [2.45, 2.75) is 27.7 Å². The van der Waals surface area contributed by atoms with E-state index in [9.17, 15) is 0 Å². The van der Waals surface area contributed by atoms with Gasteiger partial charge >= 0.3 is 0 Å². The van der Waals surface area contributed by atoms with Gasteiger partial charge in [0.05, 0.1) is 11.6 Å². The molecule has 0 spiro atoms. The lowest BCUT2D eigenvalue weighted by atomic mass is 10.1. The molecule has 0 aliphatic heterocycles. The summed E-state index contributed by atoms with van der Waals surface area (Å²) in [6.45, 7) is 8.05. The highest BCUT2D eigenvalue weighted by Gasteiger charge is 2.07. The first-order valence-electron chi connectivity index (χ1n) is 7.51. The Morgan fingerprint density at radius 3 is 1.76 bits per heavy atom. The molecule has 1 aromatic heterocycles. The zero-order valence-electron chi connectivity index (χ0n) is 14.4. The predicted molar refractivity (Wildman–Crippen MR) is 105 cm³/mol. The first-order chi connectivity index (χ1) is 11.8. The van der Waals surface area contributed by atoms with Crippen molar-refractivity contribution in [2.24, 2.45) is 0 Å². The number of aromatic amines is 1. The maximum Gasteiger partial charge on any atom is 0.204 e. The molecule has 0 saturated carbocycles. The van der Waals surface area contributed by atoms with Crippen LogP contribution in [0.25, 0.3) is 11.4 Å². The topological polar surface area (TPSA) is 78.2 Å². The molecule has 128 valence electrons. The molecule has 0 saturated heterocycles. The van der Waals surface area contributed by atoms with Crippen LogP contribution in [0.3, 0.4) is 0 Å². The monoisotopic (exact) mass is 461 g/mol. The van der Waals surface area contributed by atoms with Crippen LogP contribution in [0.4, 0.5) is 0 Å². The van der Waals surface area contributed by atoms with Crippen molar-refractivity contribution in [1.29, 1.82) is 5.26 Å². The SMILES string of the molecule is Cc1cc(-c2nn[nH]n2)cc(C)c1Br.Cc1cc(C#N)cc(C)c1Br. The fourth-order valence-electron chi connectivity index (χ4n) is 2.37. The first-order valence-corrected chi connectivity index (χ1v) is 9.09. The third kappa shape index (κ3) is 4.74. The normalized spacial score (nSPS) is 9.96. The number of nitriles is 1. The largest absolute Gasteiger partial charge is 0.204 e. The van der Waals surface area contributed by atoms with Gasteiger partial charge in [0, 0.05) is 14.5 Å². The molecule has 0 fully saturated rings. The molecule has 7 heteroatoms. The summed E-state index contributed by atoms with van der Waals surface area (Å²) in [4.78, 5) is 0. The van der Waals surface area contributed by atoms with Gasteiger partial charge in [-0.25, -0.2) is 0 Å². The van der Waals surface area contributed by atoms with Gasteiger partial charge in [-0.3, -0.25) is 0 Å². The van der Waals surface area contributed by atoms with E-state index in [4.69, 9.17) is 5.26 Å². The van der Waals surface area contributed by atoms with E-state index in [1.807, 2.05) is 52.0 Å². The van der Waals surface area contributed by atoms with E-state index in [2.05, 4.69) is 58.6 Å². The van der Waals surface area contributed by atoms with Gasteiger partial charge in [-0.05, 0) is 79.4 Å². The molecule has 0 bridgehead atoms. The van der Waals surface area contributed by atoms with Crippen LogP contribution in [0.1, 0.15) is 27.8 Å². The van der Waals surface area contributed by atoms with Crippen molar-refractivity contribution < 1.29 is 0 Å². The number of hydrogen-bond acceptors (Lipinski definition) is 4. The van der Waals surface area contributed by atoms with Gasteiger partial charge in [0.2, 0.25) is 5.82 Å². The summed E-state index contributed by atoms with van der Waals surface area (Å²) in [6, 6.07) is 9.92. The maximum absolute atomic E-state index is 8.61. The second-order valence-corrected chi connectivity index (χ2v) is 7.28. The van der Waals surface area contributed by atoms with Crippen molar-refractivity contribution in [3.8, 4) is 17.5 Å². The zero-order chi connectivity index (χ0) is 18.6. The summed E-state index contributed by atoms with van der Waals surface area (Å²) in [5.41, 5.74) is 6.28. The van der Waals surface area contributed by atoms with E-state index in [0.717, 1.165) is 31.2 Å². The van der Waals surface area contributed by atoms with Crippen molar-refractivity contribution in [3.05, 3.63) is 61.0 Å². The number of H-pyrrole nitrogens is 1. The van der Waals surface area contributed by atoms with Gasteiger partial charge in [0.1, 0.15) is 0 Å². The lowest BCUT2D eigenvalue weighted by Gasteiger charge is -2.04. The molecule has 5 nitrogen and oxygen atoms in total. The summed E-state index contributed by atoms with van der Waals surface area (Å²) in [7, 11) is 0. The summed E-state index contributed by atoms with van der Waals surface area (Å²) in [5, 5.41) is 22.5. The van der Waals surface area contributed by atoms with Gasteiger partial charge in [-0.2, -0.15) is 10.5 Å². The van der Waals surface area contributed by atoms with Crippen LogP contribution in [0.15, 0.2) is 33.2 Å². The Balaban J connectivity index is 0.000000186. The van der Waals surface area contributed by atoms with Crippen LogP contribution in [0.2, 0.25) is 0 Å². The Morgan fingerprint density at radius 2 is 1.36 bits per heavy atom. The minimum Gasteiger partial charge on any atom is -0.192 e. The average Bonchev–Trinajstić information content (AvgIpc) is 3.12. The lowest BCUT2D eigenvalue weighted by molar-refractivity contribution is 0.881. The number of aromatic nitrogens is 4. The molecule has 0 atom stereocenters. The third-order valence-electron chi connectivity index (χ3n) is 3.61. The number of hydrogen-bond donors (Lipinski definition) is 1. The van der Waals surface area contributed by atoms with E-state index in [1.54, 1.807) is 0 Å². The molecule has 0 unspecified atom stereocenters. The van der Waals surface area contributed by atoms with Crippen LogP contribution in [-0.2, 0) is 0 Å². The fraction of sp³-hybridized carbons (Fsp3) is 0.222. The van der Waals surface area contributed by atoms with E-state index in [0.29, 0.717) is 5.82 Å². The van der Waals surface area contributed by atoms with Gasteiger partial charge < -0.3 is 0 Å². The lowest BCUT2D eigenvalue weighted by Crippen LogP contribution is -1.87. The van der Waals surface area contributed by atoms with Crippen LogP contribution < -0.4 is 0 Å². The highest BCUT2D eigenvalue weighted by molar-refractivity contribution is 9.10. The van der Waals surface area contributed by atoms with Crippen LogP contribution in [0, 0.1) is 39.0 Å². The summed E-state index contributed by atoms with van der Waals surface area (Å²) < 4.78 is 2.22. The minimum absolute atomic E-state index is 0.628. The number of benzene rings is 2. The first kappa shape index (κ1) is 19.3. The van der Waals surface area contributed by atoms with Gasteiger partial charge in [-0.15, -0.1) is 10.2 Å². The Morgan fingerprint density at radius 1 is 0.880 bits per heavy atom. The Labute approximate surface area is 163 Å². The molecule has 2 aromatic carbocycles. The fourth-order valence-corrected chi connectivity index (χ4v) is 2.83. The smallest absolute Gasteiger partial charge is 0.192 e. The van der Waals surface area contributed by atoms with Crippen molar-refractivity contribution in [1.82, 2.24) is 20.6 Å². The van der Waals surface area contributed by atoms with E-state index >= 15 is 0 Å². The second kappa shape index (κ2) is 8.37. The van der Waals surface area contributed by atoms with Crippen LogP contribution >= 0.6 is 31.9 Å². The number of tetrazole rings is 1. The highest BCUT2D eigenvalue weighted by atomic mass is 79.9. The molecule has 1 N–H and O–H groups in total. The molecule has 1 heterocycles. The van der Waals surface area contributed by atoms with Crippen molar-refractivity contribution in [3.63, 3.8) is 0 Å². The minimum atomic E-state index is 0.628. The Bertz CT molecular complexity index is 881. The Kier molecular flexibility index (Phi) is 6.45. The molecule has 0 amide bonds. The predicted octanol–water partition coefficient (Wildman–Crippen LogP) is 5.18. The highest BCUT2D eigenvalue weighted by Crippen LogP contribution is 2.26. The van der Waals surface area contributed by atoms with Crippen LogP contribution in [0.5, 0.6) is 0 Å². The van der Waals surface area contributed by atoms with E-state index in [-0.39, 0.29) is 0 Å². The van der Waals surface area contributed by atoms with Gasteiger partial charge in [-0.1, -0.05) is 31.9 Å². The number of nitrogens with one attached hydrogen (secondary N) is 1. The maximum atomic E-state index is 8.61. The number of rotatable bonds is 1. The van der Waals surface area contributed by atoms with Gasteiger partial charge in [0.25, 0.3) is 0 Å². The molecule has 0 radical (unpaired) electrons. The zero-order valence-corrected chi connectivity index (χ0v) is 17.5. The summed E-state index contributed by atoms with van der Waals surface area (Å²) in [6.07, 6.45) is 0. The molecule has 0 aliphatic rings. The molecule has 25 heavy (non-hydrogen) atoms. The molecular weight excluding hydrogens is 446 g/mol. The second-order valence-electron chi connectivity index (χ2n) is 5.70. The molecule has 3 aromatic rings. The quantitative estimate of drug-likeness (QED) is 0.540. The van der Waals surface area contributed by atoms with Gasteiger partial charge in [0.15, 0.2) is 0 Å². The van der Waals surface area contributed by atoms with Crippen LogP contribution in [-0.4, -0.2) is 20.6 Å². The summed E-state index contributed by atoms with van der Waals surface area (Å²) >= 11 is 6.95. The number of halogens is 2. The summed E-state index contributed by atoms with van der Waals surface area (Å²) in [5.74, 6) is 0.628. The molecular formula is C18H17Br2N5. The van der Waals surface area contributed by atoms with E-state index in [1.165, 1.54) is 11.1 Å². The van der Waals surface area contributed by atoms with Crippen molar-refractivity contribution in [2.75, 3.05) is 0 Å². The molecule has 0 aliphatic carbocycles. The average molecular weight is 463 g/mol. The third-order valence-corrected chi connectivity index (χ3v) is 6.11. The molecule has 3 rings (SSSR count). The van der Waals surface area contributed by atoms with Crippen molar-refractivity contribution >= 4 is 31.9 Å². The number of nitrogens with zero attached hydrogens (tertiary/aromatic N) is 4. The Hall–Kier alpha value is -2.04. The van der Waals surface area contributed by atoms with E-state index < -0.39 is 0 Å². The number of aryl methyl sites for hydroxylation is 4. The standard InChI is InChI=1S/C9H9BrN4.C9H8BrN/c1-5-3-7(4-6(2)8(5)10)9-11-13-14-12-9;1-6-3-8(5-11)4-7(2)9(6)10/h3-4H,1-2H3,(H,11,12,13,14);3-4H,1-2H3.